The van der Waals surface area contributed by atoms with Crippen molar-refractivity contribution in [1.29, 1.82) is 0 Å². The molecule has 2 aromatic heterocycles. The maximum Gasteiger partial charge on any atom is 0.259 e. The highest BCUT2D eigenvalue weighted by molar-refractivity contribution is 7.89. The molecule has 0 aliphatic heterocycles. The van der Waals surface area contributed by atoms with E-state index in [1.807, 2.05) is 18.2 Å². The maximum atomic E-state index is 12.8. The van der Waals surface area contributed by atoms with Crippen LogP contribution in [0.15, 0.2) is 64.4 Å². The molecule has 0 atom stereocenters. The molecule has 0 spiro atoms. The number of H-pyrrole nitrogens is 1. The van der Waals surface area contributed by atoms with Crippen molar-refractivity contribution in [2.75, 3.05) is 5.32 Å². The number of pyridine rings is 2. The summed E-state index contributed by atoms with van der Waals surface area (Å²) in [5.74, 6) is 1.04. The monoisotopic (exact) mass is 516 g/mol. The summed E-state index contributed by atoms with van der Waals surface area (Å²) in [5.41, 5.74) is 5.02. The van der Waals surface area contributed by atoms with E-state index in [-0.39, 0.29) is 16.9 Å². The molecular formula is C29H32N4O3S. The van der Waals surface area contributed by atoms with Gasteiger partial charge < -0.3 is 10.3 Å². The maximum absolute atomic E-state index is 12.8. The van der Waals surface area contributed by atoms with Crippen molar-refractivity contribution in [3.8, 4) is 0 Å². The Hall–Kier alpha value is -3.49. The highest BCUT2D eigenvalue weighted by atomic mass is 32.2. The standard InChI is InChI=1S/C29H32N4O3S/c1-18-7-6-10-22(27(18)37(30,35)36)17-24-16-21-13-14-31-29(34)26(21)28(33-24)32-23-11-12-25(19(2)15-23)20-8-4-3-5-9-20/h6-7,10-16,20H,3-5,8-9,17H2,1-2H3,(H,31,34)(H,32,33)(H2,30,35,36). The van der Waals surface area contributed by atoms with Crippen molar-refractivity contribution in [3.63, 3.8) is 0 Å². The number of primary sulfonamides is 1. The first-order valence-corrected chi connectivity index (χ1v) is 14.3. The third-order valence-electron chi connectivity index (χ3n) is 7.33. The van der Waals surface area contributed by atoms with E-state index in [0.717, 1.165) is 11.1 Å². The van der Waals surface area contributed by atoms with E-state index in [2.05, 4.69) is 29.4 Å². The molecule has 192 valence electrons. The Kier molecular flexibility index (Phi) is 6.88. The van der Waals surface area contributed by atoms with Crippen LogP contribution in [0.4, 0.5) is 11.5 Å². The number of benzene rings is 2. The minimum atomic E-state index is -3.91. The van der Waals surface area contributed by atoms with E-state index in [0.29, 0.717) is 33.9 Å². The fraction of sp³-hybridized carbons (Fsp3) is 0.310. The zero-order valence-corrected chi connectivity index (χ0v) is 22.0. The fourth-order valence-corrected chi connectivity index (χ4v) is 6.69. The molecule has 0 amide bonds. The lowest BCUT2D eigenvalue weighted by Crippen LogP contribution is -2.16. The predicted molar refractivity (Wildman–Crippen MR) is 148 cm³/mol. The Bertz CT molecular complexity index is 1640. The lowest BCUT2D eigenvalue weighted by molar-refractivity contribution is 0.442. The summed E-state index contributed by atoms with van der Waals surface area (Å²) < 4.78 is 24.6. The molecule has 0 bridgehead atoms. The summed E-state index contributed by atoms with van der Waals surface area (Å²) >= 11 is 0. The lowest BCUT2D eigenvalue weighted by Gasteiger charge is -2.24. The molecular weight excluding hydrogens is 484 g/mol. The SMILES string of the molecule is Cc1cc(Nc2nc(Cc3cccc(C)c3S(N)(=O)=O)cc3cc[nH]c(=O)c23)ccc1C1CCCCC1. The van der Waals surface area contributed by atoms with Crippen LogP contribution >= 0.6 is 0 Å². The molecule has 8 heteroatoms. The second kappa shape index (κ2) is 10.1. The number of fused-ring (bicyclic) bond motifs is 1. The lowest BCUT2D eigenvalue weighted by atomic mass is 9.82. The number of hydrogen-bond donors (Lipinski definition) is 3. The molecule has 2 heterocycles. The molecule has 1 aliphatic rings. The van der Waals surface area contributed by atoms with E-state index in [4.69, 9.17) is 10.1 Å². The molecule has 4 N–H and O–H groups in total. The Labute approximate surface area is 217 Å². The molecule has 7 nitrogen and oxygen atoms in total. The van der Waals surface area contributed by atoms with Gasteiger partial charge in [-0.15, -0.1) is 0 Å². The molecule has 0 radical (unpaired) electrons. The summed E-state index contributed by atoms with van der Waals surface area (Å²) in [4.78, 5) is 20.4. The van der Waals surface area contributed by atoms with Crippen molar-refractivity contribution in [2.45, 2.75) is 63.2 Å². The van der Waals surface area contributed by atoms with Gasteiger partial charge in [0.2, 0.25) is 10.0 Å². The van der Waals surface area contributed by atoms with Gasteiger partial charge in [0, 0.05) is 24.0 Å². The first-order chi connectivity index (χ1) is 17.7. The Morgan fingerprint density at radius 3 is 2.54 bits per heavy atom. The van der Waals surface area contributed by atoms with E-state index in [1.165, 1.54) is 43.2 Å². The van der Waals surface area contributed by atoms with Crippen LogP contribution in [0.25, 0.3) is 10.8 Å². The fourth-order valence-electron chi connectivity index (χ4n) is 5.67. The number of hydrogen-bond acceptors (Lipinski definition) is 5. The summed E-state index contributed by atoms with van der Waals surface area (Å²) in [6.45, 7) is 3.86. The quantitative estimate of drug-likeness (QED) is 0.310. The van der Waals surface area contributed by atoms with Gasteiger partial charge in [-0.3, -0.25) is 4.79 Å². The number of aromatic amines is 1. The van der Waals surface area contributed by atoms with Crippen LogP contribution in [-0.2, 0) is 16.4 Å². The molecule has 1 fully saturated rings. The van der Waals surface area contributed by atoms with Crippen molar-refractivity contribution in [3.05, 3.63) is 93.0 Å². The van der Waals surface area contributed by atoms with Crippen LogP contribution in [0.2, 0.25) is 0 Å². The zero-order chi connectivity index (χ0) is 26.2. The normalized spacial score (nSPS) is 14.7. The van der Waals surface area contributed by atoms with Crippen LogP contribution in [0.5, 0.6) is 0 Å². The van der Waals surface area contributed by atoms with Gasteiger partial charge in [0.25, 0.3) is 5.56 Å². The molecule has 37 heavy (non-hydrogen) atoms. The summed E-state index contributed by atoms with van der Waals surface area (Å²) in [5, 5.41) is 10.1. The molecule has 1 saturated carbocycles. The molecule has 0 saturated heterocycles. The average molecular weight is 517 g/mol. The van der Waals surface area contributed by atoms with E-state index in [9.17, 15) is 13.2 Å². The van der Waals surface area contributed by atoms with Crippen LogP contribution in [0, 0.1) is 13.8 Å². The molecule has 1 aliphatic carbocycles. The summed E-state index contributed by atoms with van der Waals surface area (Å²) in [6, 6.07) is 15.3. The second-order valence-electron chi connectivity index (χ2n) is 10.0. The van der Waals surface area contributed by atoms with Gasteiger partial charge in [-0.1, -0.05) is 43.5 Å². The Balaban J connectivity index is 1.54. The molecule has 2 aromatic carbocycles. The second-order valence-corrected chi connectivity index (χ2v) is 11.5. The number of aromatic nitrogens is 2. The third kappa shape index (κ3) is 5.31. The van der Waals surface area contributed by atoms with Gasteiger partial charge in [0.1, 0.15) is 5.82 Å². The van der Waals surface area contributed by atoms with Gasteiger partial charge >= 0.3 is 0 Å². The molecule has 0 unspecified atom stereocenters. The van der Waals surface area contributed by atoms with Crippen molar-refractivity contribution >= 4 is 32.3 Å². The molecule has 5 rings (SSSR count). The van der Waals surface area contributed by atoms with E-state index in [1.54, 1.807) is 31.3 Å². The number of sulfonamides is 1. The summed E-state index contributed by atoms with van der Waals surface area (Å²) in [7, 11) is -3.91. The molecule has 4 aromatic rings. The van der Waals surface area contributed by atoms with Gasteiger partial charge in [0.15, 0.2) is 0 Å². The highest BCUT2D eigenvalue weighted by Crippen LogP contribution is 2.35. The minimum Gasteiger partial charge on any atom is -0.340 e. The van der Waals surface area contributed by atoms with Gasteiger partial charge in [-0.25, -0.2) is 18.5 Å². The Morgan fingerprint density at radius 2 is 1.81 bits per heavy atom. The van der Waals surface area contributed by atoms with Crippen LogP contribution < -0.4 is 16.0 Å². The number of anilines is 2. The first kappa shape index (κ1) is 25.2. The van der Waals surface area contributed by atoms with E-state index >= 15 is 0 Å². The topological polar surface area (TPSA) is 118 Å². The number of aryl methyl sites for hydroxylation is 2. The van der Waals surface area contributed by atoms with Gasteiger partial charge in [0.05, 0.1) is 10.3 Å². The van der Waals surface area contributed by atoms with Crippen molar-refractivity contribution in [2.24, 2.45) is 5.14 Å². The zero-order valence-electron chi connectivity index (χ0n) is 21.2. The highest BCUT2D eigenvalue weighted by Gasteiger charge is 2.20. The van der Waals surface area contributed by atoms with Crippen molar-refractivity contribution < 1.29 is 8.42 Å². The predicted octanol–water partition coefficient (Wildman–Crippen LogP) is 5.57. The number of nitrogens with zero attached hydrogens (tertiary/aromatic N) is 1. The average Bonchev–Trinajstić information content (AvgIpc) is 2.84. The third-order valence-corrected chi connectivity index (χ3v) is 8.49. The van der Waals surface area contributed by atoms with Crippen LogP contribution in [0.1, 0.15) is 66.0 Å². The number of nitrogens with one attached hydrogen (secondary N) is 2. The van der Waals surface area contributed by atoms with Gasteiger partial charge in [-0.2, -0.15) is 0 Å². The first-order valence-electron chi connectivity index (χ1n) is 12.7. The summed E-state index contributed by atoms with van der Waals surface area (Å²) in [6.07, 6.45) is 8.20. The smallest absolute Gasteiger partial charge is 0.259 e. The number of nitrogens with two attached hydrogens (primary N) is 1. The van der Waals surface area contributed by atoms with Gasteiger partial charge in [-0.05, 0) is 84.5 Å². The van der Waals surface area contributed by atoms with E-state index < -0.39 is 10.0 Å². The number of rotatable bonds is 6. The van der Waals surface area contributed by atoms with Crippen molar-refractivity contribution in [1.82, 2.24) is 9.97 Å². The minimum absolute atomic E-state index is 0.117. The Morgan fingerprint density at radius 1 is 1.03 bits per heavy atom. The van der Waals surface area contributed by atoms with Crippen LogP contribution in [0.3, 0.4) is 0 Å². The largest absolute Gasteiger partial charge is 0.340 e. The van der Waals surface area contributed by atoms with Crippen LogP contribution in [-0.4, -0.2) is 18.4 Å².